The van der Waals surface area contributed by atoms with Crippen LogP contribution in [0.1, 0.15) is 24.8 Å². The number of nitrogens with zero attached hydrogens (tertiary/aromatic N) is 1. The molecule has 0 aromatic heterocycles. The van der Waals surface area contributed by atoms with Crippen LogP contribution in [0.25, 0.3) is 0 Å². The fourth-order valence-electron chi connectivity index (χ4n) is 3.75. The second kappa shape index (κ2) is 6.77. The van der Waals surface area contributed by atoms with Crippen LogP contribution in [0.4, 0.5) is 0 Å². The van der Waals surface area contributed by atoms with Gasteiger partial charge in [-0.2, -0.15) is 0 Å². The van der Waals surface area contributed by atoms with E-state index in [2.05, 4.69) is 0 Å². The highest BCUT2D eigenvalue weighted by molar-refractivity contribution is 7.93. The Balaban J connectivity index is 2.01. The fourth-order valence-corrected chi connectivity index (χ4v) is 5.97. The number of carboxylic acid groups (broad SMARTS) is 1. The molecule has 1 aromatic rings. The van der Waals surface area contributed by atoms with Gasteiger partial charge in [-0.25, -0.2) is 8.42 Å². The van der Waals surface area contributed by atoms with Crippen molar-refractivity contribution in [3.63, 3.8) is 0 Å². The van der Waals surface area contributed by atoms with Gasteiger partial charge in [-0.3, -0.25) is 9.69 Å². The van der Waals surface area contributed by atoms with Crippen molar-refractivity contribution >= 4 is 15.8 Å². The second-order valence-electron chi connectivity index (χ2n) is 6.70. The van der Waals surface area contributed by atoms with E-state index in [0.717, 1.165) is 5.56 Å². The van der Waals surface area contributed by atoms with Crippen molar-refractivity contribution in [2.45, 2.75) is 36.0 Å². The van der Waals surface area contributed by atoms with Gasteiger partial charge >= 0.3 is 5.97 Å². The number of carboxylic acids is 1. The Hall–Kier alpha value is -1.92. The Morgan fingerprint density at radius 2 is 1.88 bits per heavy atom. The fraction of sp³-hybridized carbons (Fsp3) is 0.421. The van der Waals surface area contributed by atoms with Crippen LogP contribution in [0.2, 0.25) is 0 Å². The summed E-state index contributed by atoms with van der Waals surface area (Å²) in [4.78, 5) is 12.4. The highest BCUT2D eigenvalue weighted by atomic mass is 32.2. The first-order chi connectivity index (χ1) is 11.9. The molecule has 5 nitrogen and oxygen atoms in total. The lowest BCUT2D eigenvalue weighted by molar-refractivity contribution is -0.143. The monoisotopic (exact) mass is 361 g/mol. The van der Waals surface area contributed by atoms with Crippen molar-refractivity contribution in [1.82, 2.24) is 4.90 Å². The second-order valence-corrected chi connectivity index (χ2v) is 8.86. The zero-order valence-corrected chi connectivity index (χ0v) is 15.1. The van der Waals surface area contributed by atoms with Gasteiger partial charge in [-0.1, -0.05) is 36.4 Å². The summed E-state index contributed by atoms with van der Waals surface area (Å²) in [5.41, 5.74) is 0.727. The summed E-state index contributed by atoms with van der Waals surface area (Å²) in [6.07, 6.45) is 8.58. The number of hydrogen-bond acceptors (Lipinski definition) is 4. The van der Waals surface area contributed by atoms with Crippen LogP contribution in [-0.2, 0) is 14.6 Å². The van der Waals surface area contributed by atoms with Gasteiger partial charge in [0, 0.05) is 19.5 Å². The first-order valence-electron chi connectivity index (χ1n) is 8.51. The molecule has 1 aliphatic heterocycles. The molecule has 1 fully saturated rings. The third-order valence-electron chi connectivity index (χ3n) is 5.24. The number of rotatable bonds is 4. The standard InChI is InChI=1S/C19H23NO4S/c1-15-7-3-4-8-17(15)25(23,24)19(11-5-2-6-12-19)20-13-9-16(10-14-20)18(21)22/h2-8,11,16H,9-10,12-14H2,1H3,(H,21,22). The van der Waals surface area contributed by atoms with Crippen molar-refractivity contribution in [2.75, 3.05) is 13.1 Å². The molecular weight excluding hydrogens is 338 g/mol. The van der Waals surface area contributed by atoms with Crippen molar-refractivity contribution < 1.29 is 18.3 Å². The van der Waals surface area contributed by atoms with Gasteiger partial charge in [-0.15, -0.1) is 0 Å². The average Bonchev–Trinajstić information content (AvgIpc) is 2.62. The van der Waals surface area contributed by atoms with E-state index in [0.29, 0.717) is 37.2 Å². The summed E-state index contributed by atoms with van der Waals surface area (Å²) >= 11 is 0. The number of piperidine rings is 1. The summed E-state index contributed by atoms with van der Waals surface area (Å²) in [6, 6.07) is 7.03. The molecule has 0 amide bonds. The first kappa shape index (κ1) is 17.9. The Kier molecular flexibility index (Phi) is 4.84. The van der Waals surface area contributed by atoms with Gasteiger partial charge in [0.05, 0.1) is 10.8 Å². The minimum atomic E-state index is -3.65. The molecule has 0 saturated carbocycles. The maximum absolute atomic E-state index is 13.6. The molecule has 0 radical (unpaired) electrons. The summed E-state index contributed by atoms with van der Waals surface area (Å²) in [5, 5.41) is 9.21. The predicted octanol–water partition coefficient (Wildman–Crippen LogP) is 2.78. The molecule has 3 rings (SSSR count). The Morgan fingerprint density at radius 3 is 2.44 bits per heavy atom. The molecule has 1 saturated heterocycles. The van der Waals surface area contributed by atoms with Gasteiger partial charge in [0.2, 0.25) is 9.84 Å². The van der Waals surface area contributed by atoms with Crippen LogP contribution < -0.4 is 0 Å². The molecule has 0 spiro atoms. The van der Waals surface area contributed by atoms with E-state index in [1.807, 2.05) is 23.1 Å². The Bertz CT molecular complexity index is 820. The molecular formula is C19H23NO4S. The van der Waals surface area contributed by atoms with E-state index in [1.165, 1.54) is 0 Å². The molecule has 2 aliphatic rings. The maximum Gasteiger partial charge on any atom is 0.306 e. The molecule has 1 heterocycles. The van der Waals surface area contributed by atoms with Gasteiger partial charge in [0.1, 0.15) is 0 Å². The lowest BCUT2D eigenvalue weighted by Crippen LogP contribution is -2.56. The van der Waals surface area contributed by atoms with Crippen LogP contribution in [0.5, 0.6) is 0 Å². The summed E-state index contributed by atoms with van der Waals surface area (Å²) in [6.45, 7) is 2.72. The first-order valence-corrected chi connectivity index (χ1v) is 9.99. The average molecular weight is 361 g/mol. The molecule has 1 aliphatic carbocycles. The summed E-state index contributed by atoms with van der Waals surface area (Å²) in [7, 11) is -3.65. The van der Waals surface area contributed by atoms with E-state index in [-0.39, 0.29) is 0 Å². The number of benzene rings is 1. The highest BCUT2D eigenvalue weighted by Crippen LogP contribution is 2.39. The van der Waals surface area contributed by atoms with Crippen LogP contribution in [0.15, 0.2) is 53.5 Å². The topological polar surface area (TPSA) is 74.7 Å². The normalized spacial score (nSPS) is 25.2. The molecule has 6 heteroatoms. The van der Waals surface area contributed by atoms with Crippen molar-refractivity contribution in [1.29, 1.82) is 0 Å². The number of likely N-dealkylation sites (tertiary alicyclic amines) is 1. The SMILES string of the molecule is Cc1ccccc1S(=O)(=O)C1(N2CCC(C(=O)O)CC2)C=CC=CC1. The van der Waals surface area contributed by atoms with E-state index >= 15 is 0 Å². The van der Waals surface area contributed by atoms with E-state index in [1.54, 1.807) is 37.3 Å². The number of hydrogen-bond donors (Lipinski definition) is 1. The predicted molar refractivity (Wildman–Crippen MR) is 95.9 cm³/mol. The number of aryl methyl sites for hydroxylation is 1. The Labute approximate surface area is 148 Å². The lowest BCUT2D eigenvalue weighted by Gasteiger charge is -2.44. The molecule has 25 heavy (non-hydrogen) atoms. The smallest absolute Gasteiger partial charge is 0.306 e. The van der Waals surface area contributed by atoms with Crippen molar-refractivity contribution in [3.05, 3.63) is 54.1 Å². The van der Waals surface area contributed by atoms with Crippen molar-refractivity contribution in [2.24, 2.45) is 5.92 Å². The van der Waals surface area contributed by atoms with Gasteiger partial charge in [-0.05, 0) is 37.5 Å². The van der Waals surface area contributed by atoms with Crippen LogP contribution >= 0.6 is 0 Å². The summed E-state index contributed by atoms with van der Waals surface area (Å²) < 4.78 is 27.2. The molecule has 1 N–H and O–H groups in total. The third-order valence-corrected chi connectivity index (χ3v) is 7.77. The number of allylic oxidation sites excluding steroid dienone is 2. The van der Waals surface area contributed by atoms with E-state index in [9.17, 15) is 18.3 Å². The van der Waals surface area contributed by atoms with Gasteiger partial charge in [0.25, 0.3) is 0 Å². The van der Waals surface area contributed by atoms with E-state index < -0.39 is 26.6 Å². The molecule has 1 aromatic carbocycles. The lowest BCUT2D eigenvalue weighted by atomic mass is 9.94. The highest BCUT2D eigenvalue weighted by Gasteiger charge is 2.48. The zero-order valence-electron chi connectivity index (χ0n) is 14.3. The van der Waals surface area contributed by atoms with Crippen LogP contribution in [-0.4, -0.2) is 42.4 Å². The minimum absolute atomic E-state index is 0.343. The van der Waals surface area contributed by atoms with Gasteiger partial charge < -0.3 is 5.11 Å². The largest absolute Gasteiger partial charge is 0.481 e. The molecule has 1 unspecified atom stereocenters. The molecule has 134 valence electrons. The quantitative estimate of drug-likeness (QED) is 0.892. The minimum Gasteiger partial charge on any atom is -0.481 e. The molecule has 0 bridgehead atoms. The molecule has 1 atom stereocenters. The third kappa shape index (κ3) is 3.04. The van der Waals surface area contributed by atoms with Crippen LogP contribution in [0, 0.1) is 12.8 Å². The summed E-state index contributed by atoms with van der Waals surface area (Å²) in [5.74, 6) is -1.19. The zero-order chi connectivity index (χ0) is 18.1. The number of sulfone groups is 1. The van der Waals surface area contributed by atoms with E-state index in [4.69, 9.17) is 0 Å². The van der Waals surface area contributed by atoms with Gasteiger partial charge in [0.15, 0.2) is 4.87 Å². The number of carbonyl (C=O) groups is 1. The number of aliphatic carboxylic acids is 1. The van der Waals surface area contributed by atoms with Crippen molar-refractivity contribution in [3.8, 4) is 0 Å². The Morgan fingerprint density at radius 1 is 1.20 bits per heavy atom. The maximum atomic E-state index is 13.6. The van der Waals surface area contributed by atoms with Crippen LogP contribution in [0.3, 0.4) is 0 Å².